The van der Waals surface area contributed by atoms with Crippen molar-refractivity contribution in [2.45, 2.75) is 127 Å². The van der Waals surface area contributed by atoms with E-state index in [0.717, 1.165) is 0 Å². The lowest BCUT2D eigenvalue weighted by Gasteiger charge is -2.57. The Morgan fingerprint density at radius 3 is 1.98 bits per heavy atom. The second-order valence-corrected chi connectivity index (χ2v) is 25.0. The lowest BCUT2D eigenvalue weighted by atomic mass is 9.77. The first-order chi connectivity index (χ1) is 21.3. The number of benzene rings is 2. The monoisotopic (exact) mass is 668 g/mol. The molecule has 0 unspecified atom stereocenters. The second-order valence-electron chi connectivity index (χ2n) is 16.0. The summed E-state index contributed by atoms with van der Waals surface area (Å²) in [6, 6.07) is 21.2. The Bertz CT molecular complexity index is 1310. The van der Waals surface area contributed by atoms with E-state index in [1.807, 2.05) is 19.1 Å². The number of rotatable bonds is 9. The van der Waals surface area contributed by atoms with Gasteiger partial charge in [0.15, 0.2) is 8.32 Å². The predicted octanol–water partition coefficient (Wildman–Crippen LogP) is 6.14. The van der Waals surface area contributed by atoms with Crippen LogP contribution in [-0.2, 0) is 27.9 Å². The number of hydrogen-bond donors (Lipinski definition) is 1. The highest BCUT2D eigenvalue weighted by molar-refractivity contribution is 6.99. The molecule has 9 heteroatoms. The fraction of sp³-hybridized carbons (Fsp3) is 0.595. The third-order valence-electron chi connectivity index (χ3n) is 10.5. The van der Waals surface area contributed by atoms with E-state index in [1.54, 1.807) is 13.0 Å². The molecule has 2 saturated heterocycles. The van der Waals surface area contributed by atoms with Crippen molar-refractivity contribution in [3.8, 4) is 0 Å². The van der Waals surface area contributed by atoms with Crippen LogP contribution >= 0.6 is 0 Å². The molecule has 1 N–H and O–H groups in total. The third-order valence-corrected chi connectivity index (χ3v) is 20.0. The molecule has 0 spiro atoms. The molecule has 2 aromatic rings. The fourth-order valence-corrected chi connectivity index (χ4v) is 12.7. The van der Waals surface area contributed by atoms with Crippen LogP contribution in [0.3, 0.4) is 0 Å². The Kier molecular flexibility index (Phi) is 10.7. The van der Waals surface area contributed by atoms with Gasteiger partial charge in [0, 0.05) is 18.9 Å². The minimum absolute atomic E-state index is 0.0183. The van der Waals surface area contributed by atoms with E-state index in [-0.39, 0.29) is 22.3 Å². The topological polar surface area (TPSA) is 83.5 Å². The number of carbonyl (C=O) groups is 1. The zero-order chi connectivity index (χ0) is 34.2. The van der Waals surface area contributed by atoms with Crippen LogP contribution in [0.15, 0.2) is 72.8 Å². The summed E-state index contributed by atoms with van der Waals surface area (Å²) in [5, 5.41) is 13.5. The van der Waals surface area contributed by atoms with E-state index < -0.39 is 46.0 Å². The summed E-state index contributed by atoms with van der Waals surface area (Å²) in [6.45, 7) is 22.2. The Morgan fingerprint density at radius 2 is 1.50 bits per heavy atom. The maximum atomic E-state index is 11.9. The quantitative estimate of drug-likeness (QED) is 0.195. The molecule has 4 rings (SSSR count). The first-order valence-corrected chi connectivity index (χ1v) is 21.3. The third kappa shape index (κ3) is 7.31. The molecule has 2 aliphatic heterocycles. The number of carbonyl (C=O) groups excluding carboxylic acids is 1. The molecule has 2 heterocycles. The van der Waals surface area contributed by atoms with Gasteiger partial charge in [-0.3, -0.25) is 0 Å². The molecule has 0 saturated carbocycles. The normalized spacial score (nSPS) is 29.4. The Balaban J connectivity index is 1.74. The summed E-state index contributed by atoms with van der Waals surface area (Å²) < 4.78 is 33.0. The zero-order valence-corrected chi connectivity index (χ0v) is 31.8. The summed E-state index contributed by atoms with van der Waals surface area (Å²) >= 11 is 0. The summed E-state index contributed by atoms with van der Waals surface area (Å²) in [4.78, 5) is 11.9. The molecule has 2 aliphatic rings. The van der Waals surface area contributed by atoms with Crippen LogP contribution in [0.25, 0.3) is 0 Å². The van der Waals surface area contributed by atoms with Crippen LogP contribution in [0.1, 0.15) is 68.2 Å². The van der Waals surface area contributed by atoms with Crippen molar-refractivity contribution >= 4 is 33.0 Å². The summed E-state index contributed by atoms with van der Waals surface area (Å²) in [5.74, 6) is -0.496. The largest absolute Gasteiger partial charge is 0.466 e. The van der Waals surface area contributed by atoms with Crippen molar-refractivity contribution in [2.75, 3.05) is 13.7 Å². The van der Waals surface area contributed by atoms with E-state index in [0.29, 0.717) is 19.4 Å². The van der Waals surface area contributed by atoms with Crippen molar-refractivity contribution in [3.63, 3.8) is 0 Å². The van der Waals surface area contributed by atoms with Gasteiger partial charge < -0.3 is 28.2 Å². The van der Waals surface area contributed by atoms with Crippen LogP contribution in [0.5, 0.6) is 0 Å². The molecule has 0 amide bonds. The molecular weight excluding hydrogens is 613 g/mol. The maximum Gasteiger partial charge on any atom is 0.330 e. The van der Waals surface area contributed by atoms with Gasteiger partial charge in [-0.15, -0.1) is 0 Å². The van der Waals surface area contributed by atoms with Crippen LogP contribution in [-0.4, -0.2) is 77.0 Å². The number of methoxy groups -OCH3 is 1. The lowest BCUT2D eigenvalue weighted by molar-refractivity contribution is -0.302. The SMILES string of the molecule is COC(=O)/C=C/[C@]1(C)O[C@]2(C)C[C@H](O[Si](C)(C)C(C)(C)C)[C@@H](CO[Si](c3ccccc3)(c3ccccc3)C(C)(C)C)O[C@H]2C[C@H]1O. The van der Waals surface area contributed by atoms with Gasteiger partial charge >= 0.3 is 5.97 Å². The van der Waals surface area contributed by atoms with Crippen molar-refractivity contribution in [3.05, 3.63) is 72.8 Å². The maximum absolute atomic E-state index is 11.9. The molecule has 6 atom stereocenters. The molecule has 0 radical (unpaired) electrons. The minimum Gasteiger partial charge on any atom is -0.466 e. The van der Waals surface area contributed by atoms with Gasteiger partial charge in [-0.1, -0.05) is 102 Å². The van der Waals surface area contributed by atoms with Gasteiger partial charge in [0.1, 0.15) is 11.7 Å². The number of hydrogen-bond acceptors (Lipinski definition) is 7. The highest BCUT2D eigenvalue weighted by Crippen LogP contribution is 2.47. The smallest absolute Gasteiger partial charge is 0.330 e. The molecular formula is C37H56O7Si2. The highest BCUT2D eigenvalue weighted by atomic mass is 28.4. The molecule has 254 valence electrons. The standard InChI is InChI=1S/C37H56O7Si2/c1-34(2,3)45(10,11)43-29-25-37(8)32(24-31(38)36(7,44-37)23-22-33(39)40-9)42-30(29)26-41-46(35(4,5)6,27-18-14-12-15-19-27)28-20-16-13-17-21-28/h12-23,29-32,38H,24-26H2,1-11H3/b23-22+/t29-,30+,31+,32-,36-,37+/m0/s1. The van der Waals surface area contributed by atoms with Gasteiger partial charge in [-0.25, -0.2) is 4.79 Å². The molecule has 7 nitrogen and oxygen atoms in total. The van der Waals surface area contributed by atoms with Crippen molar-refractivity contribution in [2.24, 2.45) is 0 Å². The van der Waals surface area contributed by atoms with E-state index in [4.69, 9.17) is 23.1 Å². The second kappa shape index (κ2) is 13.4. The van der Waals surface area contributed by atoms with Crippen molar-refractivity contribution < 1.29 is 33.0 Å². The average Bonchev–Trinajstić information content (AvgIpc) is 2.97. The van der Waals surface area contributed by atoms with Crippen LogP contribution < -0.4 is 10.4 Å². The lowest BCUT2D eigenvalue weighted by Crippen LogP contribution is -2.69. The summed E-state index contributed by atoms with van der Waals surface area (Å²) in [5.41, 5.74) is -1.86. The van der Waals surface area contributed by atoms with E-state index in [2.05, 4.69) is 103 Å². The van der Waals surface area contributed by atoms with Crippen LogP contribution in [0.2, 0.25) is 23.2 Å². The van der Waals surface area contributed by atoms with Crippen molar-refractivity contribution in [1.82, 2.24) is 0 Å². The Morgan fingerprint density at radius 1 is 0.957 bits per heavy atom. The number of aliphatic hydroxyl groups is 1. The Hall–Kier alpha value is -2.12. The zero-order valence-electron chi connectivity index (χ0n) is 29.8. The van der Waals surface area contributed by atoms with Gasteiger partial charge in [0.25, 0.3) is 8.32 Å². The summed E-state index contributed by atoms with van der Waals surface area (Å²) in [7, 11) is -3.76. The van der Waals surface area contributed by atoms with Gasteiger partial charge in [-0.2, -0.15) is 0 Å². The van der Waals surface area contributed by atoms with E-state index >= 15 is 0 Å². The number of aliphatic hydroxyl groups excluding tert-OH is 1. The van der Waals surface area contributed by atoms with E-state index in [9.17, 15) is 9.90 Å². The van der Waals surface area contributed by atoms with Crippen molar-refractivity contribution in [1.29, 1.82) is 0 Å². The number of fused-ring (bicyclic) bond motifs is 1. The molecule has 2 aromatic carbocycles. The summed E-state index contributed by atoms with van der Waals surface area (Å²) in [6.07, 6.45) is 1.88. The molecule has 46 heavy (non-hydrogen) atoms. The first kappa shape index (κ1) is 36.7. The number of esters is 1. The molecule has 0 bridgehead atoms. The minimum atomic E-state index is -2.84. The van der Waals surface area contributed by atoms with Gasteiger partial charge in [-0.05, 0) is 53.5 Å². The van der Waals surface area contributed by atoms with E-state index in [1.165, 1.54) is 23.6 Å². The fourth-order valence-electron chi connectivity index (χ4n) is 6.76. The number of ether oxygens (including phenoxy) is 3. The van der Waals surface area contributed by atoms with Gasteiger partial charge in [0.05, 0.1) is 37.6 Å². The Labute approximate surface area is 278 Å². The highest BCUT2D eigenvalue weighted by Gasteiger charge is 2.58. The average molecular weight is 669 g/mol. The molecule has 2 fully saturated rings. The molecule has 0 aromatic heterocycles. The molecule has 0 aliphatic carbocycles. The van der Waals surface area contributed by atoms with Gasteiger partial charge in [0.2, 0.25) is 0 Å². The first-order valence-electron chi connectivity index (χ1n) is 16.5. The van der Waals surface area contributed by atoms with Crippen LogP contribution in [0, 0.1) is 0 Å². The van der Waals surface area contributed by atoms with Crippen LogP contribution in [0.4, 0.5) is 0 Å². The predicted molar refractivity (Wildman–Crippen MR) is 189 cm³/mol.